The highest BCUT2D eigenvalue weighted by molar-refractivity contribution is 8.14. The Labute approximate surface area is 125 Å². The van der Waals surface area contributed by atoms with Gasteiger partial charge in [-0.1, -0.05) is 32.5 Å². The molecule has 0 aliphatic carbocycles. The molecule has 0 radical (unpaired) electrons. The molecule has 0 saturated heterocycles. The standard InChI is InChI=1S/C15H24N2S2/c1-10-6-12(18-11(10)2)8-16-14-17-9-13(19-14)7-15(3,4)5/h6,13H,7-9H2,1-5H3,(H,16,17). The maximum absolute atomic E-state index is 4.62. The molecule has 0 bridgehead atoms. The predicted molar refractivity (Wildman–Crippen MR) is 88.4 cm³/mol. The van der Waals surface area contributed by atoms with Crippen molar-refractivity contribution >= 4 is 28.3 Å². The van der Waals surface area contributed by atoms with Crippen LogP contribution in [0.15, 0.2) is 11.1 Å². The molecular weight excluding hydrogens is 272 g/mol. The van der Waals surface area contributed by atoms with Gasteiger partial charge in [0.25, 0.3) is 0 Å². The van der Waals surface area contributed by atoms with Gasteiger partial charge in [0, 0.05) is 15.0 Å². The molecule has 2 rings (SSSR count). The fraction of sp³-hybridized carbons (Fsp3) is 0.667. The second-order valence-electron chi connectivity index (χ2n) is 6.46. The molecule has 1 atom stereocenters. The van der Waals surface area contributed by atoms with Gasteiger partial charge in [0.15, 0.2) is 5.17 Å². The summed E-state index contributed by atoms with van der Waals surface area (Å²) in [6.45, 7) is 13.1. The van der Waals surface area contributed by atoms with Crippen molar-refractivity contribution in [1.82, 2.24) is 5.32 Å². The van der Waals surface area contributed by atoms with E-state index in [-0.39, 0.29) is 0 Å². The largest absolute Gasteiger partial charge is 0.360 e. The maximum Gasteiger partial charge on any atom is 0.157 e. The highest BCUT2D eigenvalue weighted by Gasteiger charge is 2.24. The number of amidine groups is 1. The third kappa shape index (κ3) is 4.53. The number of aliphatic imine (C=N–C) groups is 1. The van der Waals surface area contributed by atoms with Crippen molar-refractivity contribution in [2.75, 3.05) is 6.54 Å². The minimum absolute atomic E-state index is 0.393. The van der Waals surface area contributed by atoms with Crippen LogP contribution in [0, 0.1) is 19.3 Å². The Morgan fingerprint density at radius 2 is 2.11 bits per heavy atom. The number of rotatable bonds is 3. The summed E-state index contributed by atoms with van der Waals surface area (Å²) in [5.41, 5.74) is 1.79. The zero-order valence-corrected chi connectivity index (χ0v) is 14.2. The molecule has 1 aromatic heterocycles. The molecule has 1 aliphatic heterocycles. The molecule has 0 saturated carbocycles. The van der Waals surface area contributed by atoms with E-state index in [0.29, 0.717) is 10.7 Å². The Kier molecular flexibility index (Phi) is 4.62. The summed E-state index contributed by atoms with van der Waals surface area (Å²) in [6.07, 6.45) is 1.23. The molecule has 1 aromatic rings. The lowest BCUT2D eigenvalue weighted by Gasteiger charge is -2.21. The van der Waals surface area contributed by atoms with Crippen LogP contribution in [0.2, 0.25) is 0 Å². The van der Waals surface area contributed by atoms with Crippen molar-refractivity contribution in [3.8, 4) is 0 Å². The van der Waals surface area contributed by atoms with Crippen molar-refractivity contribution < 1.29 is 0 Å². The summed E-state index contributed by atoms with van der Waals surface area (Å²) < 4.78 is 0. The lowest BCUT2D eigenvalue weighted by molar-refractivity contribution is 0.375. The van der Waals surface area contributed by atoms with Crippen LogP contribution in [0.4, 0.5) is 0 Å². The van der Waals surface area contributed by atoms with Crippen LogP contribution in [-0.4, -0.2) is 17.0 Å². The smallest absolute Gasteiger partial charge is 0.157 e. The molecule has 0 amide bonds. The summed E-state index contributed by atoms with van der Waals surface area (Å²) in [6, 6.07) is 2.28. The van der Waals surface area contributed by atoms with E-state index in [4.69, 9.17) is 0 Å². The fourth-order valence-corrected chi connectivity index (χ4v) is 4.55. The van der Waals surface area contributed by atoms with Crippen LogP contribution < -0.4 is 5.32 Å². The van der Waals surface area contributed by atoms with Gasteiger partial charge in [-0.15, -0.1) is 11.3 Å². The van der Waals surface area contributed by atoms with Gasteiger partial charge in [-0.05, 0) is 37.3 Å². The van der Waals surface area contributed by atoms with Crippen LogP contribution >= 0.6 is 23.1 Å². The first-order chi connectivity index (χ1) is 8.83. The zero-order valence-electron chi connectivity index (χ0n) is 12.5. The van der Waals surface area contributed by atoms with E-state index < -0.39 is 0 Å². The molecule has 1 unspecified atom stereocenters. The van der Waals surface area contributed by atoms with Crippen molar-refractivity contribution in [3.05, 3.63) is 21.4 Å². The number of hydrogen-bond acceptors (Lipinski definition) is 4. The van der Waals surface area contributed by atoms with E-state index in [1.54, 1.807) is 0 Å². The summed E-state index contributed by atoms with van der Waals surface area (Å²) >= 11 is 3.79. The summed E-state index contributed by atoms with van der Waals surface area (Å²) in [7, 11) is 0. The topological polar surface area (TPSA) is 24.4 Å². The summed E-state index contributed by atoms with van der Waals surface area (Å²) in [4.78, 5) is 7.44. The van der Waals surface area contributed by atoms with E-state index in [9.17, 15) is 0 Å². The van der Waals surface area contributed by atoms with Gasteiger partial charge >= 0.3 is 0 Å². The predicted octanol–water partition coefficient (Wildman–Crippen LogP) is 4.36. The normalized spacial score (nSPS) is 19.6. The van der Waals surface area contributed by atoms with Crippen LogP contribution in [0.5, 0.6) is 0 Å². The molecule has 0 spiro atoms. The number of nitrogens with zero attached hydrogens (tertiary/aromatic N) is 1. The van der Waals surface area contributed by atoms with Gasteiger partial charge in [0.05, 0.1) is 13.1 Å². The van der Waals surface area contributed by atoms with Crippen molar-refractivity contribution in [1.29, 1.82) is 0 Å². The number of hydrogen-bond donors (Lipinski definition) is 1. The van der Waals surface area contributed by atoms with E-state index in [2.05, 4.69) is 51.0 Å². The van der Waals surface area contributed by atoms with Gasteiger partial charge in [-0.25, -0.2) is 0 Å². The molecule has 0 aromatic carbocycles. The molecule has 1 aliphatic rings. The van der Waals surface area contributed by atoms with E-state index in [0.717, 1.165) is 18.3 Å². The van der Waals surface area contributed by atoms with Crippen LogP contribution in [0.25, 0.3) is 0 Å². The Hall–Kier alpha value is -0.480. The second-order valence-corrected chi connectivity index (χ2v) is 9.09. The Morgan fingerprint density at radius 1 is 1.37 bits per heavy atom. The van der Waals surface area contributed by atoms with E-state index in [1.807, 2.05) is 23.1 Å². The lowest BCUT2D eigenvalue weighted by Crippen LogP contribution is -2.20. The first-order valence-electron chi connectivity index (χ1n) is 6.84. The SMILES string of the molecule is Cc1cc(CNC2=NCC(CC(C)(C)C)S2)sc1C. The first kappa shape index (κ1) is 14.9. The number of thiophene rings is 1. The average molecular weight is 297 g/mol. The van der Waals surface area contributed by atoms with Crippen LogP contribution in [-0.2, 0) is 6.54 Å². The first-order valence-corrected chi connectivity index (χ1v) is 8.54. The van der Waals surface area contributed by atoms with Gasteiger partial charge in [-0.2, -0.15) is 0 Å². The number of nitrogens with one attached hydrogen (secondary N) is 1. The third-order valence-electron chi connectivity index (χ3n) is 3.19. The Morgan fingerprint density at radius 3 is 2.68 bits per heavy atom. The summed E-state index contributed by atoms with van der Waals surface area (Å²) in [5, 5.41) is 5.25. The lowest BCUT2D eigenvalue weighted by atomic mass is 9.90. The average Bonchev–Trinajstić information content (AvgIpc) is 2.82. The van der Waals surface area contributed by atoms with Crippen LogP contribution in [0.1, 0.15) is 42.5 Å². The molecule has 2 heterocycles. The Balaban J connectivity index is 1.79. The van der Waals surface area contributed by atoms with E-state index in [1.165, 1.54) is 21.7 Å². The highest BCUT2D eigenvalue weighted by atomic mass is 32.2. The molecule has 19 heavy (non-hydrogen) atoms. The van der Waals surface area contributed by atoms with Gasteiger partial charge in [0.2, 0.25) is 0 Å². The van der Waals surface area contributed by atoms with Gasteiger partial charge in [-0.3, -0.25) is 4.99 Å². The van der Waals surface area contributed by atoms with Crippen molar-refractivity contribution in [3.63, 3.8) is 0 Å². The third-order valence-corrected chi connectivity index (χ3v) is 5.49. The summed E-state index contributed by atoms with van der Waals surface area (Å²) in [5.74, 6) is 0. The quantitative estimate of drug-likeness (QED) is 0.896. The molecule has 0 fully saturated rings. The van der Waals surface area contributed by atoms with Gasteiger partial charge < -0.3 is 5.32 Å². The maximum atomic E-state index is 4.62. The Bertz CT molecular complexity index is 449. The molecule has 4 heteroatoms. The monoisotopic (exact) mass is 296 g/mol. The van der Waals surface area contributed by atoms with Crippen molar-refractivity contribution in [2.24, 2.45) is 10.4 Å². The molecule has 106 valence electrons. The molecule has 1 N–H and O–H groups in total. The van der Waals surface area contributed by atoms with Gasteiger partial charge in [0.1, 0.15) is 0 Å². The minimum atomic E-state index is 0.393. The zero-order chi connectivity index (χ0) is 14.0. The van der Waals surface area contributed by atoms with Crippen LogP contribution in [0.3, 0.4) is 0 Å². The second kappa shape index (κ2) is 5.88. The molecule has 2 nitrogen and oxygen atoms in total. The fourth-order valence-electron chi connectivity index (χ4n) is 2.20. The number of aryl methyl sites for hydroxylation is 2. The number of thioether (sulfide) groups is 1. The van der Waals surface area contributed by atoms with Crippen molar-refractivity contribution in [2.45, 2.75) is 52.8 Å². The van der Waals surface area contributed by atoms with E-state index >= 15 is 0 Å². The molecular formula is C15H24N2S2. The minimum Gasteiger partial charge on any atom is -0.360 e. The highest BCUT2D eigenvalue weighted by Crippen LogP contribution is 2.31.